The lowest BCUT2D eigenvalue weighted by Crippen LogP contribution is -2.53. The highest BCUT2D eigenvalue weighted by atomic mass is 32.1. The van der Waals surface area contributed by atoms with E-state index < -0.39 is 0 Å². The third kappa shape index (κ3) is 4.53. The first-order chi connectivity index (χ1) is 8.56. The van der Waals surface area contributed by atoms with Crippen molar-refractivity contribution < 1.29 is 4.79 Å². The molecule has 0 spiro atoms. The zero-order valence-corrected chi connectivity index (χ0v) is 12.3. The molecule has 1 aliphatic rings. The van der Waals surface area contributed by atoms with Crippen molar-refractivity contribution in [2.45, 2.75) is 45.6 Å². The first kappa shape index (κ1) is 15.4. The summed E-state index contributed by atoms with van der Waals surface area (Å²) in [4.78, 5) is 16.7. The number of carbonyl (C=O) groups is 1. The molecule has 1 unspecified atom stereocenters. The number of carbonyl (C=O) groups excluding carboxylic acids is 1. The van der Waals surface area contributed by atoms with Crippen LogP contribution < -0.4 is 5.73 Å². The molecule has 4 nitrogen and oxygen atoms in total. The summed E-state index contributed by atoms with van der Waals surface area (Å²) in [6, 6.07) is 0.136. The maximum Gasteiger partial charge on any atom is 0.222 e. The molecule has 0 aromatic heterocycles. The van der Waals surface area contributed by atoms with Crippen LogP contribution in [0.2, 0.25) is 0 Å². The molecular weight excluding hydrogens is 246 g/mol. The number of amides is 1. The van der Waals surface area contributed by atoms with Gasteiger partial charge in [0, 0.05) is 32.6 Å². The zero-order valence-electron chi connectivity index (χ0n) is 11.5. The predicted octanol–water partition coefficient (Wildman–Crippen LogP) is 1.39. The molecule has 1 rings (SSSR count). The highest BCUT2D eigenvalue weighted by Gasteiger charge is 2.24. The van der Waals surface area contributed by atoms with Crippen molar-refractivity contribution in [3.05, 3.63) is 0 Å². The molecule has 0 radical (unpaired) electrons. The van der Waals surface area contributed by atoms with Gasteiger partial charge in [-0.05, 0) is 13.3 Å². The number of unbranched alkanes of at least 4 members (excludes halogenated alkanes) is 2. The summed E-state index contributed by atoms with van der Waals surface area (Å²) in [6.07, 6.45) is 4.01. The molecule has 0 saturated carbocycles. The molecule has 0 aliphatic carbocycles. The molecule has 1 amide bonds. The fourth-order valence-corrected chi connectivity index (χ4v) is 2.37. The minimum absolute atomic E-state index is 0.136. The van der Waals surface area contributed by atoms with Gasteiger partial charge in [-0.2, -0.15) is 0 Å². The summed E-state index contributed by atoms with van der Waals surface area (Å²) in [5.74, 6) is 0.297. The molecule has 0 aromatic carbocycles. The normalized spacial score (nSPS) is 18.7. The van der Waals surface area contributed by atoms with Gasteiger partial charge in [-0.3, -0.25) is 9.69 Å². The van der Waals surface area contributed by atoms with E-state index in [0.717, 1.165) is 45.4 Å². The van der Waals surface area contributed by atoms with E-state index in [4.69, 9.17) is 18.0 Å². The summed E-state index contributed by atoms with van der Waals surface area (Å²) in [5, 5.41) is 0. The first-order valence-electron chi connectivity index (χ1n) is 6.87. The van der Waals surface area contributed by atoms with Crippen LogP contribution in [0.15, 0.2) is 0 Å². The van der Waals surface area contributed by atoms with Gasteiger partial charge in [-0.1, -0.05) is 32.0 Å². The monoisotopic (exact) mass is 271 g/mol. The average molecular weight is 271 g/mol. The van der Waals surface area contributed by atoms with Gasteiger partial charge in [-0.25, -0.2) is 0 Å². The van der Waals surface area contributed by atoms with Crippen molar-refractivity contribution in [1.29, 1.82) is 0 Å². The Hall–Kier alpha value is -0.680. The van der Waals surface area contributed by atoms with Gasteiger partial charge in [0.05, 0.1) is 11.0 Å². The highest BCUT2D eigenvalue weighted by Crippen LogP contribution is 2.09. The lowest BCUT2D eigenvalue weighted by molar-refractivity contribution is -0.133. The van der Waals surface area contributed by atoms with Crippen LogP contribution >= 0.6 is 12.2 Å². The third-order valence-corrected chi connectivity index (χ3v) is 3.96. The van der Waals surface area contributed by atoms with E-state index in [1.807, 2.05) is 11.8 Å². The van der Waals surface area contributed by atoms with Gasteiger partial charge in [0.2, 0.25) is 5.91 Å². The van der Waals surface area contributed by atoms with Gasteiger partial charge >= 0.3 is 0 Å². The van der Waals surface area contributed by atoms with Crippen LogP contribution in [0.3, 0.4) is 0 Å². The van der Waals surface area contributed by atoms with Crippen LogP contribution in [0.5, 0.6) is 0 Å². The SMILES string of the molecule is CCCCCC(=O)N1CCN(C(C)C(N)=S)CC1. The molecule has 0 aromatic rings. The lowest BCUT2D eigenvalue weighted by Gasteiger charge is -2.37. The topological polar surface area (TPSA) is 49.6 Å². The van der Waals surface area contributed by atoms with Crippen molar-refractivity contribution in [1.82, 2.24) is 9.80 Å². The van der Waals surface area contributed by atoms with E-state index in [1.54, 1.807) is 0 Å². The number of nitrogens with zero attached hydrogens (tertiary/aromatic N) is 2. The maximum absolute atomic E-state index is 11.9. The fourth-order valence-electron chi connectivity index (χ4n) is 2.22. The molecule has 18 heavy (non-hydrogen) atoms. The van der Waals surface area contributed by atoms with Crippen molar-refractivity contribution in [3.63, 3.8) is 0 Å². The molecule has 1 heterocycles. The molecule has 0 bridgehead atoms. The van der Waals surface area contributed by atoms with Crippen LogP contribution in [0.4, 0.5) is 0 Å². The van der Waals surface area contributed by atoms with Crippen molar-refractivity contribution >= 4 is 23.1 Å². The Bertz CT molecular complexity index is 288. The van der Waals surface area contributed by atoms with Gasteiger partial charge in [0.25, 0.3) is 0 Å². The molecule has 5 heteroatoms. The minimum Gasteiger partial charge on any atom is -0.392 e. The van der Waals surface area contributed by atoms with Gasteiger partial charge < -0.3 is 10.6 Å². The van der Waals surface area contributed by atoms with Crippen LogP contribution in [0.1, 0.15) is 39.5 Å². The number of hydrogen-bond acceptors (Lipinski definition) is 3. The Labute approximate surface area is 115 Å². The largest absolute Gasteiger partial charge is 0.392 e. The zero-order chi connectivity index (χ0) is 13.5. The minimum atomic E-state index is 0.136. The third-order valence-electron chi connectivity index (χ3n) is 3.62. The van der Waals surface area contributed by atoms with Crippen LogP contribution in [-0.2, 0) is 4.79 Å². The van der Waals surface area contributed by atoms with Gasteiger partial charge in [-0.15, -0.1) is 0 Å². The van der Waals surface area contributed by atoms with Crippen LogP contribution in [0, 0.1) is 0 Å². The Kier molecular flexibility index (Phi) is 6.57. The summed E-state index contributed by atoms with van der Waals surface area (Å²) in [5.41, 5.74) is 5.65. The summed E-state index contributed by atoms with van der Waals surface area (Å²) in [6.45, 7) is 7.54. The first-order valence-corrected chi connectivity index (χ1v) is 7.28. The van der Waals surface area contributed by atoms with E-state index in [0.29, 0.717) is 17.3 Å². The average Bonchev–Trinajstić information content (AvgIpc) is 2.38. The molecule has 1 fully saturated rings. The Morgan fingerprint density at radius 3 is 2.39 bits per heavy atom. The van der Waals surface area contributed by atoms with Crippen molar-refractivity contribution in [3.8, 4) is 0 Å². The van der Waals surface area contributed by atoms with Crippen LogP contribution in [0.25, 0.3) is 0 Å². The predicted molar refractivity (Wildman–Crippen MR) is 78.5 cm³/mol. The molecule has 1 saturated heterocycles. The molecule has 2 N–H and O–H groups in total. The Morgan fingerprint density at radius 1 is 1.28 bits per heavy atom. The molecular formula is C13H25N3OS. The number of piperazine rings is 1. The van der Waals surface area contributed by atoms with E-state index >= 15 is 0 Å². The maximum atomic E-state index is 11.9. The number of hydrogen-bond donors (Lipinski definition) is 1. The van der Waals surface area contributed by atoms with E-state index in [9.17, 15) is 4.79 Å². The van der Waals surface area contributed by atoms with E-state index in [-0.39, 0.29) is 6.04 Å². The second kappa shape index (κ2) is 7.69. The van der Waals surface area contributed by atoms with E-state index in [2.05, 4.69) is 11.8 Å². The van der Waals surface area contributed by atoms with Crippen molar-refractivity contribution in [2.24, 2.45) is 5.73 Å². The number of rotatable bonds is 6. The summed E-state index contributed by atoms with van der Waals surface area (Å²) < 4.78 is 0. The molecule has 1 aliphatic heterocycles. The van der Waals surface area contributed by atoms with Gasteiger partial charge in [0.1, 0.15) is 0 Å². The second-order valence-corrected chi connectivity index (χ2v) is 5.42. The number of nitrogens with two attached hydrogens (primary N) is 1. The van der Waals surface area contributed by atoms with E-state index in [1.165, 1.54) is 0 Å². The van der Waals surface area contributed by atoms with Crippen LogP contribution in [-0.4, -0.2) is 52.9 Å². The number of thiocarbonyl (C=S) groups is 1. The standard InChI is InChI=1S/C13H25N3OS/c1-3-4-5-6-12(17)16-9-7-15(8-10-16)11(2)13(14)18/h11H,3-10H2,1-2H3,(H2,14,18). The fraction of sp³-hybridized carbons (Fsp3) is 0.846. The quantitative estimate of drug-likeness (QED) is 0.586. The summed E-state index contributed by atoms with van der Waals surface area (Å²) in [7, 11) is 0. The highest BCUT2D eigenvalue weighted by molar-refractivity contribution is 7.80. The van der Waals surface area contributed by atoms with Gasteiger partial charge in [0.15, 0.2) is 0 Å². The summed E-state index contributed by atoms with van der Waals surface area (Å²) >= 11 is 5.01. The molecule has 104 valence electrons. The molecule has 1 atom stereocenters. The Balaban J connectivity index is 2.30. The lowest BCUT2D eigenvalue weighted by atomic mass is 10.1. The second-order valence-electron chi connectivity index (χ2n) is 4.95. The Morgan fingerprint density at radius 2 is 1.89 bits per heavy atom. The van der Waals surface area contributed by atoms with Crippen molar-refractivity contribution in [2.75, 3.05) is 26.2 Å². The smallest absolute Gasteiger partial charge is 0.222 e.